The van der Waals surface area contributed by atoms with Gasteiger partial charge in [0.15, 0.2) is 0 Å². The summed E-state index contributed by atoms with van der Waals surface area (Å²) in [5.41, 5.74) is 1.21. The van der Waals surface area contributed by atoms with Crippen molar-refractivity contribution >= 4 is 32.2 Å². The largest absolute Gasteiger partial charge is 0.308 e. The van der Waals surface area contributed by atoms with Crippen molar-refractivity contribution in [1.82, 2.24) is 9.32 Å². The molecule has 0 fully saturated rings. The Labute approximate surface area is 166 Å². The maximum absolute atomic E-state index is 4.93. The Morgan fingerprint density at radius 2 is 1.15 bits per heavy atom. The molecule has 2 nitrogen and oxygen atoms in total. The summed E-state index contributed by atoms with van der Waals surface area (Å²) < 4.78 is 2.51. The van der Waals surface area contributed by atoms with Gasteiger partial charge in [-0.05, 0) is 10.6 Å². The number of rotatable bonds is 4. The quantitative estimate of drug-likeness (QED) is 0.534. The maximum atomic E-state index is 4.93. The van der Waals surface area contributed by atoms with Crippen LogP contribution in [0.25, 0.3) is 0 Å². The van der Waals surface area contributed by atoms with Crippen molar-refractivity contribution in [3.8, 4) is 0 Å². The van der Waals surface area contributed by atoms with Crippen LogP contribution in [0, 0.1) is 0 Å². The van der Waals surface area contributed by atoms with Gasteiger partial charge in [-0.25, -0.2) is 4.98 Å². The predicted octanol–water partition coefficient (Wildman–Crippen LogP) is 5.48. The van der Waals surface area contributed by atoms with Crippen LogP contribution in [0.5, 0.6) is 0 Å². The average molecular weight is 396 g/mol. The Balaban J connectivity index is 2.20. The van der Waals surface area contributed by atoms with Crippen molar-refractivity contribution in [2.24, 2.45) is 0 Å². The lowest BCUT2D eigenvalue weighted by Gasteiger charge is -2.42. The minimum Gasteiger partial charge on any atom is -0.308 e. The molecule has 0 aliphatic rings. The topological polar surface area (TPSA) is 17.8 Å². The summed E-state index contributed by atoms with van der Waals surface area (Å²) in [6, 6.07) is 21.7. The third kappa shape index (κ3) is 4.50. The van der Waals surface area contributed by atoms with Gasteiger partial charge < -0.3 is 4.34 Å². The van der Waals surface area contributed by atoms with Crippen LogP contribution in [0.2, 0.25) is 0 Å². The second-order valence-corrected chi connectivity index (χ2v) is 14.6. The van der Waals surface area contributed by atoms with Gasteiger partial charge in [-0.2, -0.15) is 0 Å². The molecule has 0 amide bonds. The van der Waals surface area contributed by atoms with Crippen molar-refractivity contribution < 1.29 is 0 Å². The van der Waals surface area contributed by atoms with Crippen LogP contribution < -0.4 is 16.2 Å². The summed E-state index contributed by atoms with van der Waals surface area (Å²) in [6.45, 7) is 14.2. The normalized spacial score (nSPS) is 12.7. The molecule has 0 radical (unpaired) electrons. The summed E-state index contributed by atoms with van der Waals surface area (Å²) in [6.07, 6.45) is 4.20. The molecule has 27 heavy (non-hydrogen) atoms. The highest BCUT2D eigenvalue weighted by Gasteiger charge is 2.38. The molecular weight excluding hydrogens is 366 g/mol. The van der Waals surface area contributed by atoms with E-state index in [0.29, 0.717) is 0 Å². The molecule has 0 spiro atoms. The van der Waals surface area contributed by atoms with Gasteiger partial charge in [0.25, 0.3) is 0 Å². The van der Waals surface area contributed by atoms with Gasteiger partial charge in [-0.3, -0.25) is 0 Å². The van der Waals surface area contributed by atoms with Crippen LogP contribution >= 0.6 is 16.0 Å². The Morgan fingerprint density at radius 1 is 0.704 bits per heavy atom. The monoisotopic (exact) mass is 396 g/mol. The Bertz CT molecular complexity index is 805. The van der Waals surface area contributed by atoms with Crippen LogP contribution in [0.4, 0.5) is 0 Å². The van der Waals surface area contributed by atoms with Crippen LogP contribution in [-0.4, -0.2) is 19.6 Å². The smallest absolute Gasteiger partial charge is 0.143 e. The van der Waals surface area contributed by atoms with E-state index in [1.54, 1.807) is 0 Å². The molecule has 3 aromatic rings. The number of nitrogens with zero attached hydrogens (tertiary/aromatic N) is 2. The second kappa shape index (κ2) is 7.86. The molecule has 0 saturated heterocycles. The standard InChI is InChI=1S/C23H30N2P2/c1-22(2,3)27(23(4,5)6)25-18-17-24-21(25)26(19-13-9-7-10-14-19)20-15-11-8-12-16-20/h7-18H,1-6H3. The molecule has 0 atom stereocenters. The fourth-order valence-corrected chi connectivity index (χ4v) is 10.2. The molecule has 0 bridgehead atoms. The van der Waals surface area contributed by atoms with Gasteiger partial charge in [0.05, 0.1) is 0 Å². The third-order valence-corrected chi connectivity index (χ3v) is 10.1. The molecule has 1 aromatic heterocycles. The van der Waals surface area contributed by atoms with E-state index in [0.717, 1.165) is 0 Å². The molecular formula is C23H30N2P2. The number of hydrogen-bond acceptors (Lipinski definition) is 1. The van der Waals surface area contributed by atoms with Crippen molar-refractivity contribution in [3.63, 3.8) is 0 Å². The fraction of sp³-hybridized carbons (Fsp3) is 0.348. The van der Waals surface area contributed by atoms with Crippen molar-refractivity contribution in [2.45, 2.75) is 51.9 Å². The van der Waals surface area contributed by atoms with Gasteiger partial charge >= 0.3 is 0 Å². The van der Waals surface area contributed by atoms with E-state index in [2.05, 4.69) is 113 Å². The zero-order chi connectivity index (χ0) is 19.7. The number of benzene rings is 2. The summed E-state index contributed by atoms with van der Waals surface area (Å²) in [5, 5.41) is 3.09. The molecule has 0 N–H and O–H groups in total. The van der Waals surface area contributed by atoms with E-state index in [1.807, 2.05) is 6.20 Å². The first-order valence-corrected chi connectivity index (χ1v) is 12.1. The van der Waals surface area contributed by atoms with Gasteiger partial charge in [0.2, 0.25) is 0 Å². The number of aromatic nitrogens is 2. The molecule has 2 aromatic carbocycles. The highest BCUT2D eigenvalue weighted by atomic mass is 31.1. The lowest BCUT2D eigenvalue weighted by molar-refractivity contribution is 0.694. The van der Waals surface area contributed by atoms with E-state index in [-0.39, 0.29) is 10.3 Å². The van der Waals surface area contributed by atoms with Crippen molar-refractivity contribution in [1.29, 1.82) is 0 Å². The molecule has 1 heterocycles. The molecule has 0 unspecified atom stereocenters. The number of imidazole rings is 1. The Hall–Kier alpha value is -1.49. The van der Waals surface area contributed by atoms with E-state index < -0.39 is 16.0 Å². The Morgan fingerprint density at radius 3 is 1.56 bits per heavy atom. The molecule has 0 aliphatic heterocycles. The lowest BCUT2D eigenvalue weighted by atomic mass is 10.2. The van der Waals surface area contributed by atoms with Crippen LogP contribution in [0.3, 0.4) is 0 Å². The maximum Gasteiger partial charge on any atom is 0.143 e. The zero-order valence-corrected chi connectivity index (χ0v) is 19.0. The lowest BCUT2D eigenvalue weighted by Crippen LogP contribution is -2.34. The highest BCUT2D eigenvalue weighted by Crippen LogP contribution is 2.60. The minimum absolute atomic E-state index is 0.192. The first kappa shape index (κ1) is 20.2. The summed E-state index contributed by atoms with van der Waals surface area (Å²) in [4.78, 5) is 4.93. The van der Waals surface area contributed by atoms with E-state index in [9.17, 15) is 0 Å². The molecule has 4 heteroatoms. The molecule has 0 aliphatic carbocycles. The summed E-state index contributed by atoms with van der Waals surface area (Å²) in [5.74, 6) is 0. The van der Waals surface area contributed by atoms with Gasteiger partial charge in [0.1, 0.15) is 5.57 Å². The average Bonchev–Trinajstić information content (AvgIpc) is 3.03. The van der Waals surface area contributed by atoms with E-state index >= 15 is 0 Å². The number of hydrogen-bond donors (Lipinski definition) is 0. The van der Waals surface area contributed by atoms with Crippen molar-refractivity contribution in [2.75, 3.05) is 0 Å². The highest BCUT2D eigenvalue weighted by molar-refractivity contribution is 7.80. The Kier molecular flexibility index (Phi) is 5.90. The van der Waals surface area contributed by atoms with E-state index in [4.69, 9.17) is 4.98 Å². The van der Waals surface area contributed by atoms with Crippen LogP contribution in [0.1, 0.15) is 41.5 Å². The van der Waals surface area contributed by atoms with E-state index in [1.165, 1.54) is 16.2 Å². The molecule has 3 rings (SSSR count). The molecule has 142 valence electrons. The molecule has 0 saturated carbocycles. The third-order valence-electron chi connectivity index (χ3n) is 4.32. The van der Waals surface area contributed by atoms with Crippen LogP contribution in [-0.2, 0) is 0 Å². The second-order valence-electron chi connectivity index (χ2n) is 8.73. The predicted molar refractivity (Wildman–Crippen MR) is 123 cm³/mol. The zero-order valence-electron chi connectivity index (χ0n) is 17.2. The van der Waals surface area contributed by atoms with Crippen LogP contribution in [0.15, 0.2) is 73.1 Å². The summed E-state index contributed by atoms with van der Waals surface area (Å²) >= 11 is 0. The summed E-state index contributed by atoms with van der Waals surface area (Å²) in [7, 11) is -1.15. The van der Waals surface area contributed by atoms with Crippen molar-refractivity contribution in [3.05, 3.63) is 73.1 Å². The SMILES string of the molecule is CC(C)(C)P(n1ccnc1P(c1ccccc1)c1ccccc1)C(C)(C)C. The fourth-order valence-electron chi connectivity index (χ4n) is 3.79. The minimum atomic E-state index is -0.688. The first-order valence-electron chi connectivity index (χ1n) is 9.44. The van der Waals surface area contributed by atoms with Gasteiger partial charge in [-0.15, -0.1) is 0 Å². The first-order chi connectivity index (χ1) is 12.7. The van der Waals surface area contributed by atoms with Gasteiger partial charge in [0, 0.05) is 38.7 Å². The van der Waals surface area contributed by atoms with Gasteiger partial charge in [-0.1, -0.05) is 102 Å².